The van der Waals surface area contributed by atoms with Crippen molar-refractivity contribution < 1.29 is 9.18 Å². The molecule has 1 aromatic heterocycles. The van der Waals surface area contributed by atoms with Crippen molar-refractivity contribution in [2.24, 2.45) is 10.7 Å². The van der Waals surface area contributed by atoms with E-state index in [4.69, 9.17) is 10.7 Å². The van der Waals surface area contributed by atoms with Crippen LogP contribution in [-0.2, 0) is 11.3 Å². The molecule has 0 spiro atoms. The lowest BCUT2D eigenvalue weighted by Gasteiger charge is -2.19. The molecule has 2 atom stereocenters. The lowest BCUT2D eigenvalue weighted by Crippen LogP contribution is -2.43. The van der Waals surface area contributed by atoms with E-state index >= 15 is 0 Å². The van der Waals surface area contributed by atoms with Gasteiger partial charge >= 0.3 is 0 Å². The van der Waals surface area contributed by atoms with Gasteiger partial charge in [0.25, 0.3) is 0 Å². The monoisotopic (exact) mass is 501 g/mol. The number of hydrogen-bond donors (Lipinski definition) is 5. The standard InChI is InChI=1S/C28H32FN7O/c1-31-36-25-11-5-10-24(25)35-27(30)22(18-37)28(33-21-7-3-2-4-8-21)32-17-19-13-15-20(16-14-19)23-9-6-12-26(29)34-23/h2-4,6-9,12-16,18,24-25,31-33,36H,5,10-11,17H2,1H3,(H2,30,35)/t24-,25+/m0/s1. The highest BCUT2D eigenvalue weighted by Gasteiger charge is 2.27. The minimum Gasteiger partial charge on any atom is -0.383 e. The predicted molar refractivity (Wildman–Crippen MR) is 145 cm³/mol. The number of hydrazine groups is 1. The molecule has 0 amide bonds. The SMILES string of the molecule is CNN[C@@H]1CCC[C@@H]1N=C(N)C(C=O)=C(NCc1ccc(-c2cccc(F)n2)cc1)Nc1ccccc1. The maximum Gasteiger partial charge on any atom is 0.213 e. The molecule has 37 heavy (non-hydrogen) atoms. The van der Waals surface area contributed by atoms with Gasteiger partial charge in [-0.1, -0.05) is 48.5 Å². The summed E-state index contributed by atoms with van der Waals surface area (Å²) in [5.41, 5.74) is 16.0. The number of pyridine rings is 1. The summed E-state index contributed by atoms with van der Waals surface area (Å²) < 4.78 is 13.5. The third-order valence-electron chi connectivity index (χ3n) is 6.25. The molecule has 3 aromatic rings. The van der Waals surface area contributed by atoms with Gasteiger partial charge in [-0.2, -0.15) is 4.39 Å². The van der Waals surface area contributed by atoms with Crippen LogP contribution in [0.2, 0.25) is 0 Å². The number of aldehydes is 1. The molecule has 4 rings (SSSR count). The van der Waals surface area contributed by atoms with Crippen molar-refractivity contribution in [3.63, 3.8) is 0 Å². The number of aliphatic imine (C=N–C) groups is 1. The van der Waals surface area contributed by atoms with Crippen molar-refractivity contribution in [3.05, 3.63) is 95.7 Å². The van der Waals surface area contributed by atoms with E-state index in [1.165, 1.54) is 6.07 Å². The van der Waals surface area contributed by atoms with E-state index < -0.39 is 5.95 Å². The fraction of sp³-hybridized carbons (Fsp3) is 0.250. The summed E-state index contributed by atoms with van der Waals surface area (Å²) in [4.78, 5) is 20.9. The summed E-state index contributed by atoms with van der Waals surface area (Å²) in [7, 11) is 1.83. The molecule has 9 heteroatoms. The molecule has 1 fully saturated rings. The molecule has 1 saturated carbocycles. The summed E-state index contributed by atoms with van der Waals surface area (Å²) in [5, 5.41) is 6.60. The number of nitrogens with zero attached hydrogens (tertiary/aromatic N) is 2. The Labute approximate surface area is 216 Å². The normalized spacial score (nSPS) is 18.3. The number of carbonyl (C=O) groups excluding carboxylic acids is 1. The van der Waals surface area contributed by atoms with E-state index in [2.05, 4.69) is 26.5 Å². The lowest BCUT2D eigenvalue weighted by molar-refractivity contribution is -0.104. The number of nitrogens with one attached hydrogen (secondary N) is 4. The number of amidine groups is 1. The van der Waals surface area contributed by atoms with Crippen LogP contribution in [0.15, 0.2) is 89.2 Å². The second-order valence-corrected chi connectivity index (χ2v) is 8.81. The molecule has 0 unspecified atom stereocenters. The van der Waals surface area contributed by atoms with Gasteiger partial charge in [0.05, 0.1) is 17.3 Å². The van der Waals surface area contributed by atoms with Gasteiger partial charge in [0, 0.05) is 23.8 Å². The third kappa shape index (κ3) is 6.99. The quantitative estimate of drug-likeness (QED) is 0.0682. The molecule has 0 saturated heterocycles. The molecular formula is C28H32FN7O. The second kappa shape index (κ2) is 12.8. The number of anilines is 1. The second-order valence-electron chi connectivity index (χ2n) is 8.81. The molecule has 1 aliphatic carbocycles. The number of aromatic nitrogens is 1. The van der Waals surface area contributed by atoms with Crippen molar-refractivity contribution in [1.29, 1.82) is 0 Å². The van der Waals surface area contributed by atoms with Gasteiger partial charge in [-0.25, -0.2) is 4.98 Å². The Hall–Kier alpha value is -4.08. The van der Waals surface area contributed by atoms with E-state index in [0.717, 1.165) is 42.4 Å². The summed E-state index contributed by atoms with van der Waals surface area (Å²) in [6, 6.07) is 22.0. The average molecular weight is 502 g/mol. The minimum absolute atomic E-state index is 0.0237. The third-order valence-corrected chi connectivity index (χ3v) is 6.25. The molecule has 0 bridgehead atoms. The van der Waals surface area contributed by atoms with E-state index in [0.29, 0.717) is 18.1 Å². The van der Waals surface area contributed by atoms with Gasteiger partial charge in [-0.15, -0.1) is 0 Å². The number of carbonyl (C=O) groups is 1. The molecule has 2 aromatic carbocycles. The van der Waals surface area contributed by atoms with E-state index in [-0.39, 0.29) is 23.5 Å². The van der Waals surface area contributed by atoms with Gasteiger partial charge in [0.15, 0.2) is 6.29 Å². The molecule has 1 aliphatic rings. The van der Waals surface area contributed by atoms with Crippen LogP contribution in [0.25, 0.3) is 11.3 Å². The summed E-state index contributed by atoms with van der Waals surface area (Å²) in [6.45, 7) is 0.421. The zero-order chi connectivity index (χ0) is 26.0. The number of nitrogens with two attached hydrogens (primary N) is 1. The highest BCUT2D eigenvalue weighted by Crippen LogP contribution is 2.23. The first-order chi connectivity index (χ1) is 18.1. The van der Waals surface area contributed by atoms with Crippen LogP contribution in [0, 0.1) is 5.95 Å². The lowest BCUT2D eigenvalue weighted by atomic mass is 10.1. The van der Waals surface area contributed by atoms with Gasteiger partial charge in [-0.3, -0.25) is 20.6 Å². The Morgan fingerprint density at radius 1 is 1.08 bits per heavy atom. The predicted octanol–water partition coefficient (Wildman–Crippen LogP) is 3.50. The molecule has 1 heterocycles. The molecule has 0 radical (unpaired) electrons. The maximum absolute atomic E-state index is 13.5. The Kier molecular flexibility index (Phi) is 8.96. The highest BCUT2D eigenvalue weighted by molar-refractivity contribution is 6.13. The van der Waals surface area contributed by atoms with Crippen LogP contribution in [0.3, 0.4) is 0 Å². The fourth-order valence-electron chi connectivity index (χ4n) is 4.37. The van der Waals surface area contributed by atoms with Crippen LogP contribution in [0.1, 0.15) is 24.8 Å². The Morgan fingerprint density at radius 2 is 1.86 bits per heavy atom. The zero-order valence-electron chi connectivity index (χ0n) is 20.7. The van der Waals surface area contributed by atoms with Crippen molar-refractivity contribution in [2.45, 2.75) is 37.9 Å². The molecule has 8 nitrogen and oxygen atoms in total. The zero-order valence-corrected chi connectivity index (χ0v) is 20.7. The Morgan fingerprint density at radius 3 is 2.57 bits per heavy atom. The topological polar surface area (TPSA) is 116 Å². The van der Waals surface area contributed by atoms with Crippen molar-refractivity contribution >= 4 is 17.8 Å². The number of para-hydroxylation sites is 1. The summed E-state index contributed by atoms with van der Waals surface area (Å²) in [6.07, 6.45) is 3.64. The van der Waals surface area contributed by atoms with E-state index in [9.17, 15) is 9.18 Å². The van der Waals surface area contributed by atoms with Gasteiger partial charge < -0.3 is 16.4 Å². The maximum atomic E-state index is 13.5. The van der Waals surface area contributed by atoms with Crippen molar-refractivity contribution in [1.82, 2.24) is 21.2 Å². The minimum atomic E-state index is -0.517. The van der Waals surface area contributed by atoms with E-state index in [1.54, 1.807) is 12.1 Å². The molecule has 0 aliphatic heterocycles. The number of hydrogen-bond acceptors (Lipinski definition) is 7. The van der Waals surface area contributed by atoms with Crippen molar-refractivity contribution in [2.75, 3.05) is 12.4 Å². The van der Waals surface area contributed by atoms with Crippen LogP contribution in [-0.4, -0.2) is 36.2 Å². The first-order valence-corrected chi connectivity index (χ1v) is 12.3. The van der Waals surface area contributed by atoms with Gasteiger partial charge in [-0.05, 0) is 56.1 Å². The smallest absolute Gasteiger partial charge is 0.213 e. The number of benzene rings is 2. The van der Waals surface area contributed by atoms with Crippen LogP contribution in [0.4, 0.5) is 10.1 Å². The fourth-order valence-corrected chi connectivity index (χ4v) is 4.37. The highest BCUT2D eigenvalue weighted by atomic mass is 19.1. The summed E-state index contributed by atoms with van der Waals surface area (Å²) in [5.74, 6) is 0.133. The molecular weight excluding hydrogens is 469 g/mol. The largest absolute Gasteiger partial charge is 0.383 e. The van der Waals surface area contributed by atoms with Gasteiger partial charge in [0.1, 0.15) is 11.7 Å². The Bertz CT molecular complexity index is 1240. The Balaban J connectivity index is 1.56. The van der Waals surface area contributed by atoms with Crippen LogP contribution in [0.5, 0.6) is 0 Å². The van der Waals surface area contributed by atoms with E-state index in [1.807, 2.05) is 61.6 Å². The first kappa shape index (κ1) is 26.0. The average Bonchev–Trinajstić information content (AvgIpc) is 3.35. The summed E-state index contributed by atoms with van der Waals surface area (Å²) >= 11 is 0. The number of rotatable bonds is 11. The van der Waals surface area contributed by atoms with Crippen molar-refractivity contribution in [3.8, 4) is 11.3 Å². The molecule has 6 N–H and O–H groups in total. The van der Waals surface area contributed by atoms with Gasteiger partial charge in [0.2, 0.25) is 5.95 Å². The van der Waals surface area contributed by atoms with Crippen LogP contribution >= 0.6 is 0 Å². The molecule has 192 valence electrons. The first-order valence-electron chi connectivity index (χ1n) is 12.3. The number of halogens is 1. The van der Waals surface area contributed by atoms with Crippen LogP contribution < -0.4 is 27.2 Å².